The predicted molar refractivity (Wildman–Crippen MR) is 91.8 cm³/mol. The molecule has 2 atom stereocenters. The molecule has 3 rings (SSSR count). The lowest BCUT2D eigenvalue weighted by molar-refractivity contribution is -0.140. The van der Waals surface area contributed by atoms with Gasteiger partial charge in [0.05, 0.1) is 18.1 Å². The van der Waals surface area contributed by atoms with E-state index in [1.807, 2.05) is 20.2 Å². The van der Waals surface area contributed by atoms with Gasteiger partial charge in [-0.25, -0.2) is 9.97 Å². The summed E-state index contributed by atoms with van der Waals surface area (Å²) in [5, 5.41) is 0. The molecule has 7 heteroatoms. The van der Waals surface area contributed by atoms with E-state index < -0.39 is 0 Å². The predicted octanol–water partition coefficient (Wildman–Crippen LogP) is 0.482. The van der Waals surface area contributed by atoms with Crippen molar-refractivity contribution in [3.63, 3.8) is 0 Å². The highest BCUT2D eigenvalue weighted by Crippen LogP contribution is 2.43. The summed E-state index contributed by atoms with van der Waals surface area (Å²) in [5.74, 6) is 0.944. The summed E-state index contributed by atoms with van der Waals surface area (Å²) in [5.41, 5.74) is -0.380. The summed E-state index contributed by atoms with van der Waals surface area (Å²) in [7, 11) is 5.42. The molecule has 1 amide bonds. The largest absolute Gasteiger partial charge is 0.383 e. The summed E-state index contributed by atoms with van der Waals surface area (Å²) in [6.45, 7) is 4.05. The summed E-state index contributed by atoms with van der Waals surface area (Å²) < 4.78 is 5.23. The maximum absolute atomic E-state index is 13.1. The second-order valence-electron chi connectivity index (χ2n) is 6.95. The van der Waals surface area contributed by atoms with Crippen molar-refractivity contribution >= 4 is 11.9 Å². The number of anilines is 1. The van der Waals surface area contributed by atoms with Gasteiger partial charge in [-0.2, -0.15) is 0 Å². The molecule has 0 aromatic carbocycles. The Morgan fingerprint density at radius 3 is 2.83 bits per heavy atom. The Morgan fingerprint density at radius 1 is 1.42 bits per heavy atom. The standard InChI is InChI=1S/C17H27N5O2/c1-20(2)15(23)17-6-4-9-22(16-18-7-5-8-19-16)14(17)12-21(13-17)10-11-24-3/h5,7-8,14H,4,6,9-13H2,1-3H3/t14-,17-/m1/s1. The highest BCUT2D eigenvalue weighted by atomic mass is 16.5. The van der Waals surface area contributed by atoms with Gasteiger partial charge in [-0.1, -0.05) is 0 Å². The molecule has 3 heterocycles. The zero-order valence-corrected chi connectivity index (χ0v) is 14.8. The van der Waals surface area contributed by atoms with Gasteiger partial charge in [0.2, 0.25) is 11.9 Å². The topological polar surface area (TPSA) is 61.8 Å². The van der Waals surface area contributed by atoms with Gasteiger partial charge in [0.15, 0.2) is 0 Å². The molecule has 0 aliphatic carbocycles. The van der Waals surface area contributed by atoms with E-state index >= 15 is 0 Å². The Hall–Kier alpha value is -1.73. The zero-order valence-electron chi connectivity index (χ0n) is 14.8. The van der Waals surface area contributed by atoms with Gasteiger partial charge in [0, 0.05) is 59.8 Å². The van der Waals surface area contributed by atoms with E-state index in [-0.39, 0.29) is 17.4 Å². The summed E-state index contributed by atoms with van der Waals surface area (Å²) in [4.78, 5) is 28.3. The molecule has 2 fully saturated rings. The van der Waals surface area contributed by atoms with Crippen LogP contribution in [0.5, 0.6) is 0 Å². The number of hydrogen-bond acceptors (Lipinski definition) is 6. The van der Waals surface area contributed by atoms with E-state index in [0.29, 0.717) is 6.61 Å². The van der Waals surface area contributed by atoms with Gasteiger partial charge < -0.3 is 14.5 Å². The second kappa shape index (κ2) is 7.03. The first-order valence-electron chi connectivity index (χ1n) is 8.55. The molecule has 0 N–H and O–H groups in total. The van der Waals surface area contributed by atoms with Crippen LogP contribution in [0.3, 0.4) is 0 Å². The van der Waals surface area contributed by atoms with Crippen molar-refractivity contribution in [2.24, 2.45) is 5.41 Å². The van der Waals surface area contributed by atoms with Crippen molar-refractivity contribution < 1.29 is 9.53 Å². The molecule has 7 nitrogen and oxygen atoms in total. The van der Waals surface area contributed by atoms with Crippen molar-refractivity contribution in [2.45, 2.75) is 18.9 Å². The number of nitrogens with zero attached hydrogens (tertiary/aromatic N) is 5. The van der Waals surface area contributed by atoms with Gasteiger partial charge >= 0.3 is 0 Å². The van der Waals surface area contributed by atoms with Crippen LogP contribution in [-0.2, 0) is 9.53 Å². The number of piperidine rings is 1. The molecule has 132 valence electrons. The lowest BCUT2D eigenvalue weighted by Gasteiger charge is -2.45. The second-order valence-corrected chi connectivity index (χ2v) is 6.95. The van der Waals surface area contributed by atoms with Crippen LogP contribution in [0.1, 0.15) is 12.8 Å². The van der Waals surface area contributed by atoms with E-state index in [0.717, 1.165) is 45.0 Å². The molecule has 0 bridgehead atoms. The molecule has 0 radical (unpaired) electrons. The molecule has 1 aromatic heterocycles. The number of carbonyl (C=O) groups excluding carboxylic acids is 1. The highest BCUT2D eigenvalue weighted by molar-refractivity contribution is 5.85. The summed E-state index contributed by atoms with van der Waals surface area (Å²) in [6.07, 6.45) is 5.43. The normalized spacial score (nSPS) is 27.1. The van der Waals surface area contributed by atoms with Gasteiger partial charge in [-0.05, 0) is 18.9 Å². The van der Waals surface area contributed by atoms with Crippen LogP contribution < -0.4 is 4.90 Å². The Labute approximate surface area is 143 Å². The third-order valence-corrected chi connectivity index (χ3v) is 5.23. The first-order valence-corrected chi connectivity index (χ1v) is 8.55. The van der Waals surface area contributed by atoms with E-state index in [2.05, 4.69) is 19.8 Å². The van der Waals surface area contributed by atoms with Crippen LogP contribution in [0.25, 0.3) is 0 Å². The van der Waals surface area contributed by atoms with Crippen molar-refractivity contribution in [3.8, 4) is 0 Å². The molecule has 1 aromatic rings. The molecule has 0 saturated carbocycles. The SMILES string of the molecule is COCCN1C[C@H]2N(c3ncccn3)CCC[C@@]2(C(=O)N(C)C)C1. The number of fused-ring (bicyclic) bond motifs is 1. The number of likely N-dealkylation sites (tertiary alicyclic amines) is 1. The Balaban J connectivity index is 1.92. The molecule has 2 aliphatic rings. The quantitative estimate of drug-likeness (QED) is 0.781. The zero-order chi connectivity index (χ0) is 17.2. The van der Waals surface area contributed by atoms with E-state index in [9.17, 15) is 4.79 Å². The average molecular weight is 333 g/mol. The highest BCUT2D eigenvalue weighted by Gasteiger charge is 2.56. The van der Waals surface area contributed by atoms with Crippen LogP contribution in [0, 0.1) is 5.41 Å². The van der Waals surface area contributed by atoms with Gasteiger partial charge in [-0.3, -0.25) is 9.69 Å². The smallest absolute Gasteiger partial charge is 0.231 e. The van der Waals surface area contributed by atoms with Crippen LogP contribution in [-0.4, -0.2) is 85.7 Å². The van der Waals surface area contributed by atoms with E-state index in [1.54, 1.807) is 24.4 Å². The number of rotatable bonds is 5. The maximum Gasteiger partial charge on any atom is 0.231 e. The first kappa shape index (κ1) is 17.1. The molecular weight excluding hydrogens is 306 g/mol. The average Bonchev–Trinajstić information content (AvgIpc) is 2.99. The fourth-order valence-corrected chi connectivity index (χ4v) is 4.18. The molecule has 0 unspecified atom stereocenters. The number of methoxy groups -OCH3 is 1. The van der Waals surface area contributed by atoms with E-state index in [4.69, 9.17) is 4.74 Å². The summed E-state index contributed by atoms with van der Waals surface area (Å²) >= 11 is 0. The fraction of sp³-hybridized carbons (Fsp3) is 0.706. The maximum atomic E-state index is 13.1. The molecule has 2 saturated heterocycles. The fourth-order valence-electron chi connectivity index (χ4n) is 4.18. The van der Waals surface area contributed by atoms with E-state index in [1.165, 1.54) is 0 Å². The van der Waals surface area contributed by atoms with Gasteiger partial charge in [0.25, 0.3) is 0 Å². The first-order chi connectivity index (χ1) is 11.6. The molecule has 0 spiro atoms. The minimum absolute atomic E-state index is 0.111. The number of aromatic nitrogens is 2. The lowest BCUT2D eigenvalue weighted by Crippen LogP contribution is -2.58. The Bertz CT molecular complexity index is 567. The molecular formula is C17H27N5O2. The van der Waals surface area contributed by atoms with Crippen molar-refractivity contribution in [2.75, 3.05) is 58.9 Å². The molecule has 24 heavy (non-hydrogen) atoms. The van der Waals surface area contributed by atoms with Crippen LogP contribution in [0.15, 0.2) is 18.5 Å². The Kier molecular flexibility index (Phi) is 5.01. The van der Waals surface area contributed by atoms with Crippen molar-refractivity contribution in [1.82, 2.24) is 19.8 Å². The third-order valence-electron chi connectivity index (χ3n) is 5.23. The number of amides is 1. The van der Waals surface area contributed by atoms with Gasteiger partial charge in [0.1, 0.15) is 0 Å². The van der Waals surface area contributed by atoms with Crippen LogP contribution >= 0.6 is 0 Å². The summed E-state index contributed by atoms with van der Waals surface area (Å²) in [6, 6.07) is 1.94. The number of hydrogen-bond donors (Lipinski definition) is 0. The van der Waals surface area contributed by atoms with Crippen molar-refractivity contribution in [1.29, 1.82) is 0 Å². The molecule has 2 aliphatic heterocycles. The van der Waals surface area contributed by atoms with Crippen LogP contribution in [0.2, 0.25) is 0 Å². The third kappa shape index (κ3) is 2.98. The number of carbonyl (C=O) groups is 1. The minimum atomic E-state index is -0.380. The van der Waals surface area contributed by atoms with Crippen LogP contribution in [0.4, 0.5) is 5.95 Å². The minimum Gasteiger partial charge on any atom is -0.383 e. The monoisotopic (exact) mass is 333 g/mol. The van der Waals surface area contributed by atoms with Crippen molar-refractivity contribution in [3.05, 3.63) is 18.5 Å². The lowest BCUT2D eigenvalue weighted by atomic mass is 9.74. The number of ether oxygens (including phenoxy) is 1. The Morgan fingerprint density at radius 2 is 2.17 bits per heavy atom. The van der Waals surface area contributed by atoms with Gasteiger partial charge in [-0.15, -0.1) is 0 Å².